The molecule has 1 aliphatic rings. The predicted molar refractivity (Wildman–Crippen MR) is 94.7 cm³/mol. The van der Waals surface area contributed by atoms with Crippen molar-refractivity contribution in [2.75, 3.05) is 13.7 Å². The molecule has 6 nitrogen and oxygen atoms in total. The molecule has 132 valence electrons. The van der Waals surface area contributed by atoms with Gasteiger partial charge in [-0.15, -0.1) is 0 Å². The second-order valence-corrected chi connectivity index (χ2v) is 7.91. The summed E-state index contributed by atoms with van der Waals surface area (Å²) >= 11 is 0. The molecule has 0 spiro atoms. The number of ether oxygens (including phenoxy) is 1. The Morgan fingerprint density at radius 1 is 1.16 bits per heavy atom. The van der Waals surface area contributed by atoms with E-state index < -0.39 is 10.0 Å². The van der Waals surface area contributed by atoms with E-state index in [1.54, 1.807) is 49.6 Å². The lowest BCUT2D eigenvalue weighted by atomic mass is 10.0. The summed E-state index contributed by atoms with van der Waals surface area (Å²) in [6.07, 6.45) is 0.334. The first-order valence-electron chi connectivity index (χ1n) is 7.90. The molecule has 0 radical (unpaired) electrons. The Morgan fingerprint density at radius 3 is 2.52 bits per heavy atom. The van der Waals surface area contributed by atoms with E-state index in [0.717, 1.165) is 16.7 Å². The first-order valence-corrected chi connectivity index (χ1v) is 9.35. The number of fused-ring (bicyclic) bond motifs is 1. The number of sulfonamides is 1. The number of benzene rings is 2. The van der Waals surface area contributed by atoms with Gasteiger partial charge in [0.25, 0.3) is 0 Å². The van der Waals surface area contributed by atoms with Crippen LogP contribution in [0.2, 0.25) is 0 Å². The van der Waals surface area contributed by atoms with Gasteiger partial charge >= 0.3 is 0 Å². The van der Waals surface area contributed by atoms with Crippen molar-refractivity contribution in [3.8, 4) is 5.75 Å². The molecule has 0 unspecified atom stereocenters. The molecule has 3 rings (SSSR count). The van der Waals surface area contributed by atoms with Crippen molar-refractivity contribution in [3.05, 3.63) is 59.2 Å². The van der Waals surface area contributed by atoms with Crippen LogP contribution in [-0.4, -0.2) is 37.3 Å². The molecule has 0 saturated carbocycles. The van der Waals surface area contributed by atoms with E-state index in [4.69, 9.17) is 4.74 Å². The van der Waals surface area contributed by atoms with E-state index in [9.17, 15) is 13.6 Å². The van der Waals surface area contributed by atoms with E-state index in [0.29, 0.717) is 17.9 Å². The Hall–Kier alpha value is -2.38. The third kappa shape index (κ3) is 3.38. The number of aryl methyl sites for hydroxylation is 1. The van der Waals surface area contributed by atoms with Gasteiger partial charge in [-0.1, -0.05) is 22.9 Å². The molecule has 0 amide bonds. The highest BCUT2D eigenvalue weighted by molar-refractivity contribution is 7.89. The lowest BCUT2D eigenvalue weighted by Gasteiger charge is -2.20. The van der Waals surface area contributed by atoms with Crippen molar-refractivity contribution in [2.24, 2.45) is 5.16 Å². The van der Waals surface area contributed by atoms with Crippen molar-refractivity contribution in [1.29, 1.82) is 0 Å². The van der Waals surface area contributed by atoms with Crippen molar-refractivity contribution in [2.45, 2.75) is 24.8 Å². The van der Waals surface area contributed by atoms with Crippen LogP contribution >= 0.6 is 0 Å². The van der Waals surface area contributed by atoms with Gasteiger partial charge in [0.05, 0.1) is 17.7 Å². The highest BCUT2D eigenvalue weighted by atomic mass is 32.2. The number of oxime groups is 1. The lowest BCUT2D eigenvalue weighted by Crippen LogP contribution is -2.31. The minimum Gasteiger partial charge on any atom is -0.497 e. The zero-order chi connectivity index (χ0) is 18.0. The smallest absolute Gasteiger partial charge is 0.243 e. The van der Waals surface area contributed by atoms with E-state index >= 15 is 0 Å². The molecule has 2 aromatic carbocycles. The fraction of sp³-hybridized carbons (Fsp3) is 0.278. The Morgan fingerprint density at radius 2 is 1.88 bits per heavy atom. The summed E-state index contributed by atoms with van der Waals surface area (Å²) in [5.41, 5.74) is 2.96. The highest BCUT2D eigenvalue weighted by Crippen LogP contribution is 2.27. The number of nitrogens with zero attached hydrogens (tertiary/aromatic N) is 2. The molecule has 0 saturated heterocycles. The first kappa shape index (κ1) is 17.4. The SMILES string of the molecule is COc1ccc2c(c1)CN(S(=O)(=O)c1ccc(C)cc1)CCC2=NO. The van der Waals surface area contributed by atoms with E-state index in [1.165, 1.54) is 4.31 Å². The Balaban J connectivity index is 2.03. The van der Waals surface area contributed by atoms with Crippen LogP contribution < -0.4 is 4.74 Å². The summed E-state index contributed by atoms with van der Waals surface area (Å²) in [5, 5.41) is 12.7. The first-order chi connectivity index (χ1) is 12.0. The van der Waals surface area contributed by atoms with Crippen LogP contribution in [0.15, 0.2) is 52.5 Å². The molecule has 0 bridgehead atoms. The molecule has 2 aromatic rings. The van der Waals surface area contributed by atoms with Crippen LogP contribution in [0.3, 0.4) is 0 Å². The standard InChI is InChI=1S/C18H20N2O4S/c1-13-3-6-16(7-4-13)25(22,23)20-10-9-18(19-21)17-8-5-15(24-2)11-14(17)12-20/h3-8,11,21H,9-10,12H2,1-2H3. The molecule has 0 aromatic heterocycles. The third-order valence-electron chi connectivity index (χ3n) is 4.35. The number of hydrogen-bond donors (Lipinski definition) is 1. The van der Waals surface area contributed by atoms with Gasteiger partial charge in [-0.05, 0) is 42.8 Å². The van der Waals surface area contributed by atoms with Crippen molar-refractivity contribution in [3.63, 3.8) is 0 Å². The summed E-state index contributed by atoms with van der Waals surface area (Å²) in [4.78, 5) is 0.256. The largest absolute Gasteiger partial charge is 0.497 e. The number of hydrogen-bond acceptors (Lipinski definition) is 5. The van der Waals surface area contributed by atoms with Crippen LogP contribution in [0.4, 0.5) is 0 Å². The molecule has 7 heteroatoms. The van der Waals surface area contributed by atoms with Crippen LogP contribution in [0, 0.1) is 6.92 Å². The fourth-order valence-electron chi connectivity index (χ4n) is 2.91. The fourth-order valence-corrected chi connectivity index (χ4v) is 4.33. The Kier molecular flexibility index (Phi) is 4.78. The number of methoxy groups -OCH3 is 1. The predicted octanol–water partition coefficient (Wildman–Crippen LogP) is 2.78. The van der Waals surface area contributed by atoms with Gasteiger partial charge in [-0.25, -0.2) is 8.42 Å². The van der Waals surface area contributed by atoms with Crippen LogP contribution in [-0.2, 0) is 16.6 Å². The zero-order valence-corrected chi connectivity index (χ0v) is 15.0. The third-order valence-corrected chi connectivity index (χ3v) is 6.21. The van der Waals surface area contributed by atoms with E-state index in [1.807, 2.05) is 6.92 Å². The average Bonchev–Trinajstić information content (AvgIpc) is 2.81. The van der Waals surface area contributed by atoms with Gasteiger partial charge in [0.15, 0.2) is 0 Å². The summed E-state index contributed by atoms with van der Waals surface area (Å²) in [7, 11) is -2.08. The van der Waals surface area contributed by atoms with Crippen molar-refractivity contribution < 1.29 is 18.4 Å². The van der Waals surface area contributed by atoms with Crippen LogP contribution in [0.25, 0.3) is 0 Å². The number of rotatable bonds is 3. The molecule has 1 N–H and O–H groups in total. The lowest BCUT2D eigenvalue weighted by molar-refractivity contribution is 0.317. The second-order valence-electron chi connectivity index (χ2n) is 5.97. The van der Waals surface area contributed by atoms with E-state index in [2.05, 4.69) is 5.16 Å². The molecule has 0 atom stereocenters. The summed E-state index contributed by atoms with van der Waals surface area (Å²) in [5.74, 6) is 0.630. The molecule has 1 aliphatic heterocycles. The van der Waals surface area contributed by atoms with Gasteiger partial charge in [0.2, 0.25) is 10.0 Å². The molecule has 0 aliphatic carbocycles. The zero-order valence-electron chi connectivity index (χ0n) is 14.1. The maximum atomic E-state index is 13.0. The van der Waals surface area contributed by atoms with Gasteiger partial charge in [0, 0.05) is 25.1 Å². The maximum Gasteiger partial charge on any atom is 0.243 e. The van der Waals surface area contributed by atoms with Crippen LogP contribution in [0.5, 0.6) is 5.75 Å². The molecule has 0 fully saturated rings. The summed E-state index contributed by atoms with van der Waals surface area (Å²) in [6.45, 7) is 2.35. The molecular formula is C18H20N2O4S. The van der Waals surface area contributed by atoms with Gasteiger partial charge in [0.1, 0.15) is 5.75 Å². The molecule has 25 heavy (non-hydrogen) atoms. The monoisotopic (exact) mass is 360 g/mol. The normalized spacial score (nSPS) is 17.1. The minimum atomic E-state index is -3.64. The average molecular weight is 360 g/mol. The quantitative estimate of drug-likeness (QED) is 0.674. The summed E-state index contributed by atoms with van der Waals surface area (Å²) < 4.78 is 32.7. The van der Waals surface area contributed by atoms with Crippen molar-refractivity contribution >= 4 is 15.7 Å². The second kappa shape index (κ2) is 6.85. The van der Waals surface area contributed by atoms with Gasteiger partial charge in [-0.3, -0.25) is 0 Å². The van der Waals surface area contributed by atoms with Gasteiger partial charge < -0.3 is 9.94 Å². The topological polar surface area (TPSA) is 79.2 Å². The van der Waals surface area contributed by atoms with E-state index in [-0.39, 0.29) is 18.0 Å². The van der Waals surface area contributed by atoms with Crippen molar-refractivity contribution in [1.82, 2.24) is 4.31 Å². The minimum absolute atomic E-state index is 0.196. The highest BCUT2D eigenvalue weighted by Gasteiger charge is 2.29. The molecular weight excluding hydrogens is 340 g/mol. The van der Waals surface area contributed by atoms with Crippen LogP contribution in [0.1, 0.15) is 23.1 Å². The Bertz CT molecular complexity index is 905. The maximum absolute atomic E-state index is 13.0. The summed E-state index contributed by atoms with van der Waals surface area (Å²) in [6, 6.07) is 12.1. The Labute approximate surface area is 147 Å². The molecule has 1 heterocycles. The van der Waals surface area contributed by atoms with Gasteiger partial charge in [-0.2, -0.15) is 4.31 Å².